The van der Waals surface area contributed by atoms with Gasteiger partial charge in [0.15, 0.2) is 16.2 Å². The summed E-state index contributed by atoms with van der Waals surface area (Å²) < 4.78 is 7.38. The Morgan fingerprint density at radius 3 is 2.88 bits per heavy atom. The fraction of sp³-hybridized carbons (Fsp3) is 0.200. The maximum absolute atomic E-state index is 11.8. The number of halogens is 1. The second-order valence-electron chi connectivity index (χ2n) is 4.95. The molecule has 3 aromatic rings. The van der Waals surface area contributed by atoms with Crippen LogP contribution in [0.4, 0.5) is 5.82 Å². The number of nitrogens with zero attached hydrogens (tertiary/aromatic N) is 4. The quantitative estimate of drug-likeness (QED) is 0.625. The summed E-state index contributed by atoms with van der Waals surface area (Å²) in [6, 6.07) is 6.97. The van der Waals surface area contributed by atoms with Crippen molar-refractivity contribution in [3.05, 3.63) is 52.9 Å². The largest absolute Gasteiger partial charge is 0.444 e. The van der Waals surface area contributed by atoms with Crippen LogP contribution < -0.4 is 10.6 Å². The Labute approximate surface area is 146 Å². The summed E-state index contributed by atoms with van der Waals surface area (Å²) in [7, 11) is 0. The molecule has 3 rings (SSSR count). The van der Waals surface area contributed by atoms with Crippen LogP contribution in [0.2, 0.25) is 0 Å². The predicted octanol–water partition coefficient (Wildman–Crippen LogP) is 2.17. The summed E-state index contributed by atoms with van der Waals surface area (Å²) in [6.07, 6.45) is 3.30. The number of anilines is 1. The monoisotopic (exact) mass is 390 g/mol. The van der Waals surface area contributed by atoms with Crippen molar-refractivity contribution in [3.63, 3.8) is 0 Å². The Balaban J connectivity index is 1.51. The standard InChI is InChI=1S/C15H15BrN6O2/c1-10-4-7-22(21-10)14-8-13(19-9-20-14)17-5-6-18-15(23)11-2-3-12(16)24-11/h2-4,7-9H,5-6H2,1H3,(H,18,23)(H,17,19,20). The first-order chi connectivity index (χ1) is 11.6. The van der Waals surface area contributed by atoms with Crippen LogP contribution in [-0.4, -0.2) is 38.7 Å². The molecule has 24 heavy (non-hydrogen) atoms. The molecule has 0 radical (unpaired) electrons. The molecule has 0 aromatic carbocycles. The molecule has 0 aliphatic heterocycles. The Kier molecular flexibility index (Phi) is 4.90. The highest BCUT2D eigenvalue weighted by Crippen LogP contribution is 2.13. The SMILES string of the molecule is Cc1ccn(-c2cc(NCCNC(=O)c3ccc(Br)o3)ncn2)n1. The van der Waals surface area contributed by atoms with Gasteiger partial charge in [0.05, 0.1) is 5.69 Å². The van der Waals surface area contributed by atoms with Crippen LogP contribution in [0.25, 0.3) is 5.82 Å². The van der Waals surface area contributed by atoms with Gasteiger partial charge in [0.1, 0.15) is 12.1 Å². The Morgan fingerprint density at radius 2 is 2.17 bits per heavy atom. The number of carbonyl (C=O) groups is 1. The zero-order valence-corrected chi connectivity index (χ0v) is 14.4. The average Bonchev–Trinajstić information content (AvgIpc) is 3.20. The zero-order chi connectivity index (χ0) is 16.9. The van der Waals surface area contributed by atoms with E-state index >= 15 is 0 Å². The molecule has 9 heteroatoms. The number of aromatic nitrogens is 4. The lowest BCUT2D eigenvalue weighted by molar-refractivity contribution is 0.0926. The van der Waals surface area contributed by atoms with E-state index < -0.39 is 0 Å². The lowest BCUT2D eigenvalue weighted by Gasteiger charge is -2.07. The van der Waals surface area contributed by atoms with E-state index in [1.54, 1.807) is 22.9 Å². The van der Waals surface area contributed by atoms with Gasteiger partial charge in [0, 0.05) is 25.4 Å². The average molecular weight is 391 g/mol. The number of furan rings is 1. The number of hydrogen-bond donors (Lipinski definition) is 2. The van der Waals surface area contributed by atoms with Crippen molar-refractivity contribution in [3.8, 4) is 5.82 Å². The summed E-state index contributed by atoms with van der Waals surface area (Å²) in [4.78, 5) is 20.2. The molecule has 0 atom stereocenters. The third kappa shape index (κ3) is 3.99. The molecular weight excluding hydrogens is 376 g/mol. The minimum atomic E-state index is -0.266. The molecule has 0 unspecified atom stereocenters. The van der Waals surface area contributed by atoms with Gasteiger partial charge < -0.3 is 15.1 Å². The molecular formula is C15H15BrN6O2. The predicted molar refractivity (Wildman–Crippen MR) is 91.1 cm³/mol. The number of carbonyl (C=O) groups excluding carboxylic acids is 1. The normalized spacial score (nSPS) is 10.6. The number of rotatable bonds is 6. The molecule has 1 amide bonds. The van der Waals surface area contributed by atoms with Crippen molar-refractivity contribution in [1.29, 1.82) is 0 Å². The Hall–Kier alpha value is -2.68. The van der Waals surface area contributed by atoms with Crippen LogP contribution >= 0.6 is 15.9 Å². The maximum Gasteiger partial charge on any atom is 0.287 e. The van der Waals surface area contributed by atoms with Gasteiger partial charge in [-0.15, -0.1) is 0 Å². The minimum Gasteiger partial charge on any atom is -0.444 e. The Morgan fingerprint density at radius 1 is 1.29 bits per heavy atom. The van der Waals surface area contributed by atoms with Gasteiger partial charge in [0.2, 0.25) is 0 Å². The molecule has 0 aliphatic carbocycles. The zero-order valence-electron chi connectivity index (χ0n) is 12.9. The highest BCUT2D eigenvalue weighted by molar-refractivity contribution is 9.10. The first-order valence-corrected chi connectivity index (χ1v) is 8.03. The van der Waals surface area contributed by atoms with E-state index in [9.17, 15) is 4.79 Å². The summed E-state index contributed by atoms with van der Waals surface area (Å²) in [5, 5.41) is 10.2. The first kappa shape index (κ1) is 16.2. The van der Waals surface area contributed by atoms with Crippen molar-refractivity contribution in [2.45, 2.75) is 6.92 Å². The molecule has 2 N–H and O–H groups in total. The molecule has 0 saturated heterocycles. The van der Waals surface area contributed by atoms with Crippen LogP contribution in [0.15, 0.2) is 45.9 Å². The van der Waals surface area contributed by atoms with E-state index in [4.69, 9.17) is 4.42 Å². The number of amides is 1. The smallest absolute Gasteiger partial charge is 0.287 e. The topological polar surface area (TPSA) is 97.9 Å². The van der Waals surface area contributed by atoms with Crippen LogP contribution in [0.5, 0.6) is 0 Å². The molecule has 0 bridgehead atoms. The van der Waals surface area contributed by atoms with Gasteiger partial charge in [-0.1, -0.05) is 0 Å². The highest BCUT2D eigenvalue weighted by atomic mass is 79.9. The highest BCUT2D eigenvalue weighted by Gasteiger charge is 2.09. The van der Waals surface area contributed by atoms with Crippen LogP contribution in [0.3, 0.4) is 0 Å². The van der Waals surface area contributed by atoms with Crippen LogP contribution in [-0.2, 0) is 0 Å². The van der Waals surface area contributed by atoms with E-state index in [2.05, 4.69) is 41.6 Å². The lowest BCUT2D eigenvalue weighted by atomic mass is 10.4. The van der Waals surface area contributed by atoms with Gasteiger partial charge >= 0.3 is 0 Å². The molecule has 0 saturated carbocycles. The van der Waals surface area contributed by atoms with Crippen molar-refractivity contribution in [2.24, 2.45) is 0 Å². The summed E-state index contributed by atoms with van der Waals surface area (Å²) in [5.74, 6) is 1.33. The lowest BCUT2D eigenvalue weighted by Crippen LogP contribution is -2.28. The fourth-order valence-electron chi connectivity index (χ4n) is 2.00. The van der Waals surface area contributed by atoms with E-state index in [1.165, 1.54) is 6.33 Å². The molecule has 3 aromatic heterocycles. The molecule has 3 heterocycles. The van der Waals surface area contributed by atoms with Crippen molar-refractivity contribution < 1.29 is 9.21 Å². The maximum atomic E-state index is 11.8. The number of nitrogens with one attached hydrogen (secondary N) is 2. The van der Waals surface area contributed by atoms with Gasteiger partial charge in [0.25, 0.3) is 5.91 Å². The first-order valence-electron chi connectivity index (χ1n) is 7.24. The van der Waals surface area contributed by atoms with Gasteiger partial charge in [-0.05, 0) is 41.1 Å². The van der Waals surface area contributed by atoms with Crippen LogP contribution in [0.1, 0.15) is 16.2 Å². The molecule has 0 fully saturated rings. The molecule has 0 spiro atoms. The second-order valence-corrected chi connectivity index (χ2v) is 5.73. The van der Waals surface area contributed by atoms with Gasteiger partial charge in [-0.25, -0.2) is 14.6 Å². The third-order valence-corrected chi connectivity index (χ3v) is 3.55. The number of aryl methyl sites for hydroxylation is 1. The minimum absolute atomic E-state index is 0.264. The van der Waals surface area contributed by atoms with Crippen LogP contribution in [0, 0.1) is 6.92 Å². The van der Waals surface area contributed by atoms with Crippen molar-refractivity contribution >= 4 is 27.7 Å². The van der Waals surface area contributed by atoms with Crippen molar-refractivity contribution in [1.82, 2.24) is 25.1 Å². The Bertz CT molecular complexity index is 844. The third-order valence-electron chi connectivity index (χ3n) is 3.12. The number of hydrogen-bond acceptors (Lipinski definition) is 6. The fourth-order valence-corrected chi connectivity index (χ4v) is 2.31. The van der Waals surface area contributed by atoms with E-state index in [-0.39, 0.29) is 11.7 Å². The molecule has 0 aliphatic rings. The van der Waals surface area contributed by atoms with E-state index in [0.717, 1.165) is 5.69 Å². The van der Waals surface area contributed by atoms with Gasteiger partial charge in [-0.3, -0.25) is 4.79 Å². The summed E-state index contributed by atoms with van der Waals surface area (Å²) in [5.41, 5.74) is 0.912. The van der Waals surface area contributed by atoms with Crippen molar-refractivity contribution in [2.75, 3.05) is 18.4 Å². The summed E-state index contributed by atoms with van der Waals surface area (Å²) >= 11 is 3.16. The second kappa shape index (κ2) is 7.26. The molecule has 8 nitrogen and oxygen atoms in total. The van der Waals surface area contributed by atoms with Gasteiger partial charge in [-0.2, -0.15) is 5.10 Å². The van der Waals surface area contributed by atoms with E-state index in [0.29, 0.717) is 29.4 Å². The molecule has 124 valence electrons. The summed E-state index contributed by atoms with van der Waals surface area (Å²) in [6.45, 7) is 2.86. The van der Waals surface area contributed by atoms with E-state index in [1.807, 2.05) is 19.2 Å².